The molecule has 7 heteroatoms. The van der Waals surface area contributed by atoms with Gasteiger partial charge in [0, 0.05) is 46.1 Å². The summed E-state index contributed by atoms with van der Waals surface area (Å²) in [6.07, 6.45) is 9.77. The van der Waals surface area contributed by atoms with Crippen molar-refractivity contribution in [1.29, 1.82) is 0 Å². The number of piperidine rings is 1. The molecule has 0 radical (unpaired) electrons. The second-order valence-electron chi connectivity index (χ2n) is 8.95. The smallest absolute Gasteiger partial charge is 0.244 e. The molecule has 1 aliphatic rings. The summed E-state index contributed by atoms with van der Waals surface area (Å²) in [6.45, 7) is 1.75. The number of nitrogens with two attached hydrogens (primary N) is 1. The van der Waals surface area contributed by atoms with Crippen LogP contribution in [-0.4, -0.2) is 30.0 Å². The Bertz CT molecular complexity index is 1340. The highest BCUT2D eigenvalue weighted by Gasteiger charge is 2.14. The van der Waals surface area contributed by atoms with E-state index in [1.165, 1.54) is 19.3 Å². The summed E-state index contributed by atoms with van der Waals surface area (Å²) in [5, 5.41) is 9.50. The predicted molar refractivity (Wildman–Crippen MR) is 148 cm³/mol. The summed E-state index contributed by atoms with van der Waals surface area (Å²) in [5.41, 5.74) is 9.22. The lowest BCUT2D eigenvalue weighted by Gasteiger charge is -2.23. The van der Waals surface area contributed by atoms with Gasteiger partial charge in [-0.05, 0) is 67.1 Å². The highest BCUT2D eigenvalue weighted by atomic mass is 32.1. The van der Waals surface area contributed by atoms with Crippen LogP contribution in [0.2, 0.25) is 0 Å². The number of thiophene rings is 1. The Morgan fingerprint density at radius 1 is 1.14 bits per heavy atom. The third kappa shape index (κ3) is 5.75. The number of hydrogen-bond donors (Lipinski definition) is 3. The molecule has 1 unspecified atom stereocenters. The van der Waals surface area contributed by atoms with Gasteiger partial charge in [0.1, 0.15) is 17.3 Å². The first-order valence-corrected chi connectivity index (χ1v) is 13.2. The molecule has 36 heavy (non-hydrogen) atoms. The molecule has 0 saturated carbocycles. The maximum absolute atomic E-state index is 12.4. The lowest BCUT2D eigenvalue weighted by molar-refractivity contribution is -0.116. The van der Waals surface area contributed by atoms with Gasteiger partial charge in [-0.1, -0.05) is 36.8 Å². The molecular formula is C29H30N4O2S. The van der Waals surface area contributed by atoms with Crippen molar-refractivity contribution in [3.8, 4) is 22.6 Å². The number of fused-ring (bicyclic) bond motifs is 1. The number of anilines is 1. The van der Waals surface area contributed by atoms with E-state index >= 15 is 0 Å². The van der Waals surface area contributed by atoms with Gasteiger partial charge >= 0.3 is 0 Å². The molecule has 1 saturated heterocycles. The van der Waals surface area contributed by atoms with Crippen molar-refractivity contribution in [2.24, 2.45) is 0 Å². The van der Waals surface area contributed by atoms with E-state index < -0.39 is 0 Å². The van der Waals surface area contributed by atoms with Crippen molar-refractivity contribution >= 4 is 39.2 Å². The van der Waals surface area contributed by atoms with Crippen molar-refractivity contribution in [2.75, 3.05) is 18.8 Å². The second kappa shape index (κ2) is 11.4. The minimum atomic E-state index is -0.0958. The highest BCUT2D eigenvalue weighted by Crippen LogP contribution is 2.39. The molecule has 2 aromatic carbocycles. The van der Waals surface area contributed by atoms with Crippen LogP contribution in [0.5, 0.6) is 11.5 Å². The van der Waals surface area contributed by atoms with Crippen LogP contribution in [-0.2, 0) is 4.79 Å². The number of amides is 1. The molecule has 0 spiro atoms. The number of nitrogens with one attached hydrogen (secondary N) is 2. The van der Waals surface area contributed by atoms with Gasteiger partial charge in [-0.3, -0.25) is 4.79 Å². The van der Waals surface area contributed by atoms with Crippen LogP contribution in [0, 0.1) is 0 Å². The zero-order chi connectivity index (χ0) is 24.7. The fourth-order valence-corrected chi connectivity index (χ4v) is 5.59. The normalized spacial score (nSPS) is 15.8. The predicted octanol–water partition coefficient (Wildman–Crippen LogP) is 6.00. The number of rotatable bonds is 8. The third-order valence-corrected chi connectivity index (χ3v) is 7.44. The van der Waals surface area contributed by atoms with Crippen molar-refractivity contribution in [3.63, 3.8) is 0 Å². The summed E-state index contributed by atoms with van der Waals surface area (Å²) in [7, 11) is 0. The van der Waals surface area contributed by atoms with E-state index in [1.54, 1.807) is 23.6 Å². The molecule has 6 nitrogen and oxygen atoms in total. The average Bonchev–Trinajstić information content (AvgIpc) is 3.36. The minimum Gasteiger partial charge on any atom is -0.457 e. The van der Waals surface area contributed by atoms with Gasteiger partial charge < -0.3 is 21.1 Å². The largest absolute Gasteiger partial charge is 0.457 e. The van der Waals surface area contributed by atoms with E-state index in [-0.39, 0.29) is 5.91 Å². The standard InChI is InChI=1S/C29H30N4O2S/c30-29-27-25(20-9-12-24(13-10-20)35-23-7-2-1-3-8-23)19-36-28(27)21(18-33-29)11-14-26(34)32-17-15-22-6-4-5-16-31-22/h1-3,7-14,18-19,22,31H,4-6,15-17H2,(H2,30,33)(H,32,34)/b14-11+. The molecule has 1 fully saturated rings. The van der Waals surface area contributed by atoms with E-state index in [9.17, 15) is 4.79 Å². The molecule has 3 heterocycles. The molecule has 1 amide bonds. The van der Waals surface area contributed by atoms with Gasteiger partial charge in [0.2, 0.25) is 5.91 Å². The second-order valence-corrected chi connectivity index (χ2v) is 9.83. The van der Waals surface area contributed by atoms with Gasteiger partial charge in [-0.2, -0.15) is 0 Å². The van der Waals surface area contributed by atoms with Crippen LogP contribution in [0.1, 0.15) is 31.2 Å². The fraction of sp³-hybridized carbons (Fsp3) is 0.241. The van der Waals surface area contributed by atoms with Crippen LogP contribution in [0.25, 0.3) is 27.3 Å². The van der Waals surface area contributed by atoms with Crippen LogP contribution in [0.4, 0.5) is 5.82 Å². The molecular weight excluding hydrogens is 468 g/mol. The quantitative estimate of drug-likeness (QED) is 0.259. The lowest BCUT2D eigenvalue weighted by atomic mass is 10.0. The van der Waals surface area contributed by atoms with Crippen molar-refractivity contribution in [3.05, 3.63) is 77.8 Å². The molecule has 2 aromatic heterocycles. The van der Waals surface area contributed by atoms with Crippen LogP contribution in [0.15, 0.2) is 72.3 Å². The first kappa shape index (κ1) is 24.0. The van der Waals surface area contributed by atoms with E-state index in [0.717, 1.165) is 51.2 Å². The van der Waals surface area contributed by atoms with Gasteiger partial charge in [0.25, 0.3) is 0 Å². The minimum absolute atomic E-state index is 0.0958. The Labute approximate surface area is 215 Å². The number of carbonyl (C=O) groups excluding carboxylic acids is 1. The van der Waals surface area contributed by atoms with Gasteiger partial charge in [-0.25, -0.2) is 4.98 Å². The number of pyridine rings is 1. The summed E-state index contributed by atoms with van der Waals surface area (Å²) in [4.78, 5) is 16.8. The van der Waals surface area contributed by atoms with E-state index in [4.69, 9.17) is 10.5 Å². The third-order valence-electron chi connectivity index (χ3n) is 6.41. The fourth-order valence-electron chi connectivity index (χ4n) is 4.51. The molecule has 4 N–H and O–H groups in total. The Balaban J connectivity index is 1.28. The Morgan fingerprint density at radius 2 is 1.94 bits per heavy atom. The number of para-hydroxylation sites is 1. The van der Waals surface area contributed by atoms with Crippen molar-refractivity contribution < 1.29 is 9.53 Å². The maximum Gasteiger partial charge on any atom is 0.244 e. The number of nitrogens with zero attached hydrogens (tertiary/aromatic N) is 1. The van der Waals surface area contributed by atoms with Gasteiger partial charge in [0.05, 0.1) is 0 Å². The van der Waals surface area contributed by atoms with Gasteiger partial charge in [0.15, 0.2) is 0 Å². The van der Waals surface area contributed by atoms with Crippen molar-refractivity contribution in [1.82, 2.24) is 15.6 Å². The molecule has 0 aliphatic carbocycles. The molecule has 1 atom stereocenters. The highest BCUT2D eigenvalue weighted by molar-refractivity contribution is 7.18. The van der Waals surface area contributed by atoms with Crippen molar-refractivity contribution in [2.45, 2.75) is 31.7 Å². The molecule has 1 aliphatic heterocycles. The molecule has 5 rings (SSSR count). The SMILES string of the molecule is Nc1ncc(/C=C/C(=O)NCCC2CCCCN2)c2scc(-c3ccc(Oc4ccccc4)cc3)c12. The first-order chi connectivity index (χ1) is 17.7. The molecule has 0 bridgehead atoms. The van der Waals surface area contributed by atoms with E-state index in [0.29, 0.717) is 18.4 Å². The number of ether oxygens (including phenoxy) is 1. The zero-order valence-corrected chi connectivity index (χ0v) is 20.9. The van der Waals surface area contributed by atoms with Gasteiger partial charge in [-0.15, -0.1) is 11.3 Å². The Morgan fingerprint density at radius 3 is 2.72 bits per heavy atom. The molecule has 4 aromatic rings. The lowest BCUT2D eigenvalue weighted by Crippen LogP contribution is -2.37. The van der Waals surface area contributed by atoms with Crippen LogP contribution < -0.4 is 21.1 Å². The summed E-state index contributed by atoms with van der Waals surface area (Å²) in [5.74, 6) is 1.95. The first-order valence-electron chi connectivity index (χ1n) is 12.4. The monoisotopic (exact) mass is 498 g/mol. The summed E-state index contributed by atoms with van der Waals surface area (Å²) in [6, 6.07) is 18.2. The molecule has 184 valence electrons. The number of carbonyl (C=O) groups is 1. The van der Waals surface area contributed by atoms with E-state index in [1.807, 2.05) is 60.7 Å². The van der Waals surface area contributed by atoms with Crippen LogP contribution >= 0.6 is 11.3 Å². The number of hydrogen-bond acceptors (Lipinski definition) is 6. The number of nitrogen functional groups attached to an aromatic ring is 1. The Hall–Kier alpha value is -3.68. The summed E-state index contributed by atoms with van der Waals surface area (Å²) >= 11 is 1.60. The topological polar surface area (TPSA) is 89.3 Å². The maximum atomic E-state index is 12.4. The Kier molecular flexibility index (Phi) is 7.59. The average molecular weight is 499 g/mol. The number of aromatic nitrogens is 1. The van der Waals surface area contributed by atoms with Crippen LogP contribution in [0.3, 0.4) is 0 Å². The summed E-state index contributed by atoms with van der Waals surface area (Å²) < 4.78 is 6.92. The number of benzene rings is 2. The van der Waals surface area contributed by atoms with E-state index in [2.05, 4.69) is 21.0 Å². The zero-order valence-electron chi connectivity index (χ0n) is 20.1.